The fourth-order valence-corrected chi connectivity index (χ4v) is 2.35. The van der Waals surface area contributed by atoms with Crippen molar-refractivity contribution in [1.29, 1.82) is 0 Å². The first-order chi connectivity index (χ1) is 10.2. The van der Waals surface area contributed by atoms with E-state index in [4.69, 9.17) is 9.47 Å². The molecular weight excluding hydrogens is 272 g/mol. The summed E-state index contributed by atoms with van der Waals surface area (Å²) < 4.78 is 14.7. The first-order valence-corrected chi connectivity index (χ1v) is 7.73. The van der Waals surface area contributed by atoms with Crippen LogP contribution in [0.25, 0.3) is 0 Å². The first-order valence-electron chi connectivity index (χ1n) is 7.73. The lowest BCUT2D eigenvalue weighted by molar-refractivity contribution is -0.139. The topological polar surface area (TPSA) is 61.8 Å². The molecule has 1 aliphatic heterocycles. The second-order valence-electron chi connectivity index (χ2n) is 5.28. The summed E-state index contributed by atoms with van der Waals surface area (Å²) in [6.07, 6.45) is 10.2. The third-order valence-corrected chi connectivity index (χ3v) is 3.65. The number of unbranched alkanes of at least 4 members (excludes halogenated alkanes) is 3. The predicted octanol–water partition coefficient (Wildman–Crippen LogP) is 2.64. The lowest BCUT2D eigenvalue weighted by atomic mass is 9.94. The minimum Gasteiger partial charge on any atom is -0.466 e. The summed E-state index contributed by atoms with van der Waals surface area (Å²) in [5.74, 6) is -0.220. The van der Waals surface area contributed by atoms with E-state index in [2.05, 4.69) is 4.74 Å². The van der Waals surface area contributed by atoms with Gasteiger partial charge >= 0.3 is 11.9 Å². The highest BCUT2D eigenvalue weighted by Gasteiger charge is 2.12. The second kappa shape index (κ2) is 11.3. The lowest BCUT2D eigenvalue weighted by Gasteiger charge is -2.21. The Morgan fingerprint density at radius 2 is 1.71 bits per heavy atom. The van der Waals surface area contributed by atoms with Crippen LogP contribution in [-0.2, 0) is 23.8 Å². The van der Waals surface area contributed by atoms with Crippen molar-refractivity contribution in [2.45, 2.75) is 44.9 Å². The van der Waals surface area contributed by atoms with E-state index in [1.807, 2.05) is 0 Å². The molecule has 5 nitrogen and oxygen atoms in total. The first kappa shape index (κ1) is 17.7. The van der Waals surface area contributed by atoms with Crippen LogP contribution in [0.4, 0.5) is 0 Å². The van der Waals surface area contributed by atoms with Gasteiger partial charge in [0.2, 0.25) is 0 Å². The van der Waals surface area contributed by atoms with Crippen LogP contribution in [0.1, 0.15) is 44.9 Å². The number of hydrogen-bond donors (Lipinski definition) is 0. The van der Waals surface area contributed by atoms with Gasteiger partial charge in [0.05, 0.1) is 13.7 Å². The van der Waals surface area contributed by atoms with E-state index < -0.39 is 11.9 Å². The molecule has 120 valence electrons. The fraction of sp³-hybridized carbons (Fsp3) is 0.750. The summed E-state index contributed by atoms with van der Waals surface area (Å²) in [7, 11) is 1.26. The van der Waals surface area contributed by atoms with Gasteiger partial charge in [0.15, 0.2) is 0 Å². The van der Waals surface area contributed by atoms with E-state index in [1.54, 1.807) is 0 Å². The van der Waals surface area contributed by atoms with Crippen molar-refractivity contribution >= 4 is 11.9 Å². The minimum atomic E-state index is -0.555. The van der Waals surface area contributed by atoms with Crippen LogP contribution in [0.3, 0.4) is 0 Å². The summed E-state index contributed by atoms with van der Waals surface area (Å²) in [5, 5.41) is 0. The van der Waals surface area contributed by atoms with Crippen LogP contribution in [0.15, 0.2) is 12.2 Å². The van der Waals surface area contributed by atoms with Crippen molar-refractivity contribution in [3.63, 3.8) is 0 Å². The molecule has 21 heavy (non-hydrogen) atoms. The third-order valence-electron chi connectivity index (χ3n) is 3.65. The molecule has 1 aliphatic rings. The third kappa shape index (κ3) is 9.24. The molecule has 0 radical (unpaired) electrons. The van der Waals surface area contributed by atoms with Gasteiger partial charge in [-0.3, -0.25) is 0 Å². The highest BCUT2D eigenvalue weighted by Crippen LogP contribution is 2.21. The normalized spacial score (nSPS) is 16.0. The molecule has 0 aromatic carbocycles. The Balaban J connectivity index is 1.91. The SMILES string of the molecule is COC(=O)/C=C/C(=O)OCCCCCCC1CCOCC1. The molecule has 0 aromatic rings. The van der Waals surface area contributed by atoms with Crippen LogP contribution in [-0.4, -0.2) is 38.9 Å². The maximum absolute atomic E-state index is 11.2. The average Bonchev–Trinajstić information content (AvgIpc) is 2.52. The Bertz CT molecular complexity index is 332. The Hall–Kier alpha value is -1.36. The maximum atomic E-state index is 11.2. The standard InChI is InChI=1S/C16H26O5/c1-19-15(17)7-8-16(18)21-11-5-3-2-4-6-14-9-12-20-13-10-14/h7-8,14H,2-6,9-13H2,1H3/b8-7+. The maximum Gasteiger partial charge on any atom is 0.331 e. The number of carbonyl (C=O) groups is 2. The van der Waals surface area contributed by atoms with E-state index in [1.165, 1.54) is 39.2 Å². The van der Waals surface area contributed by atoms with Crippen molar-refractivity contribution in [2.75, 3.05) is 26.9 Å². The molecule has 1 heterocycles. The summed E-state index contributed by atoms with van der Waals surface area (Å²) in [5.41, 5.74) is 0. The van der Waals surface area contributed by atoms with Gasteiger partial charge in [-0.05, 0) is 25.2 Å². The van der Waals surface area contributed by atoms with Gasteiger partial charge in [0.1, 0.15) is 0 Å². The van der Waals surface area contributed by atoms with Gasteiger partial charge in [-0.25, -0.2) is 9.59 Å². The van der Waals surface area contributed by atoms with Gasteiger partial charge in [0.25, 0.3) is 0 Å². The highest BCUT2D eigenvalue weighted by atomic mass is 16.5. The van der Waals surface area contributed by atoms with E-state index in [9.17, 15) is 9.59 Å². The minimum absolute atomic E-state index is 0.404. The molecular formula is C16H26O5. The fourth-order valence-electron chi connectivity index (χ4n) is 2.35. The molecule has 0 bridgehead atoms. The molecule has 1 saturated heterocycles. The molecule has 0 saturated carbocycles. The second-order valence-corrected chi connectivity index (χ2v) is 5.28. The van der Waals surface area contributed by atoms with Gasteiger partial charge in [-0.2, -0.15) is 0 Å². The number of ether oxygens (including phenoxy) is 3. The smallest absolute Gasteiger partial charge is 0.331 e. The molecule has 0 unspecified atom stereocenters. The molecule has 1 fully saturated rings. The largest absolute Gasteiger partial charge is 0.466 e. The predicted molar refractivity (Wildman–Crippen MR) is 78.7 cm³/mol. The lowest BCUT2D eigenvalue weighted by Crippen LogP contribution is -2.15. The van der Waals surface area contributed by atoms with Crippen LogP contribution in [0.5, 0.6) is 0 Å². The Labute approximate surface area is 126 Å². The molecule has 0 N–H and O–H groups in total. The number of hydrogen-bond acceptors (Lipinski definition) is 5. The van der Waals surface area contributed by atoms with Crippen LogP contribution < -0.4 is 0 Å². The summed E-state index contributed by atoms with van der Waals surface area (Å²) in [6, 6.07) is 0. The van der Waals surface area contributed by atoms with Gasteiger partial charge in [0, 0.05) is 25.4 Å². The summed E-state index contributed by atoms with van der Waals surface area (Å²) >= 11 is 0. The quantitative estimate of drug-likeness (QED) is 0.372. The van der Waals surface area contributed by atoms with Crippen molar-refractivity contribution in [3.05, 3.63) is 12.2 Å². The van der Waals surface area contributed by atoms with Crippen LogP contribution in [0, 0.1) is 5.92 Å². The van der Waals surface area contributed by atoms with Crippen molar-refractivity contribution in [2.24, 2.45) is 5.92 Å². The van der Waals surface area contributed by atoms with E-state index in [0.29, 0.717) is 6.61 Å². The molecule has 1 rings (SSSR count). The van der Waals surface area contributed by atoms with Crippen LogP contribution in [0.2, 0.25) is 0 Å². The Morgan fingerprint density at radius 3 is 2.43 bits per heavy atom. The molecule has 0 aliphatic carbocycles. The van der Waals surface area contributed by atoms with Crippen molar-refractivity contribution < 1.29 is 23.8 Å². The van der Waals surface area contributed by atoms with Crippen molar-refractivity contribution in [3.8, 4) is 0 Å². The number of rotatable bonds is 9. The van der Waals surface area contributed by atoms with E-state index >= 15 is 0 Å². The molecule has 0 spiro atoms. The van der Waals surface area contributed by atoms with Crippen molar-refractivity contribution in [1.82, 2.24) is 0 Å². The number of esters is 2. The summed E-state index contributed by atoms with van der Waals surface area (Å²) in [4.78, 5) is 22.0. The Morgan fingerprint density at radius 1 is 1.05 bits per heavy atom. The van der Waals surface area contributed by atoms with Gasteiger partial charge in [-0.1, -0.05) is 25.7 Å². The zero-order valence-corrected chi connectivity index (χ0v) is 12.8. The highest BCUT2D eigenvalue weighted by molar-refractivity contribution is 5.91. The van der Waals surface area contributed by atoms with E-state index in [0.717, 1.165) is 44.1 Å². The average molecular weight is 298 g/mol. The van der Waals surface area contributed by atoms with Gasteiger partial charge in [-0.15, -0.1) is 0 Å². The summed E-state index contributed by atoms with van der Waals surface area (Å²) in [6.45, 7) is 2.24. The van der Waals surface area contributed by atoms with Gasteiger partial charge < -0.3 is 14.2 Å². The molecule has 0 atom stereocenters. The van der Waals surface area contributed by atoms with E-state index in [-0.39, 0.29) is 0 Å². The van der Waals surface area contributed by atoms with Crippen LogP contribution >= 0.6 is 0 Å². The zero-order chi connectivity index (χ0) is 15.3. The number of carbonyl (C=O) groups excluding carboxylic acids is 2. The monoisotopic (exact) mass is 298 g/mol. The molecule has 0 aromatic heterocycles. The Kier molecular flexibility index (Phi) is 9.53. The number of methoxy groups -OCH3 is 1. The molecule has 5 heteroatoms. The zero-order valence-electron chi connectivity index (χ0n) is 12.8. The molecule has 0 amide bonds.